The first-order valence-corrected chi connectivity index (χ1v) is 6.33. The molecule has 0 saturated carbocycles. The van der Waals surface area contributed by atoms with Crippen molar-refractivity contribution in [3.05, 3.63) is 70.8 Å². The van der Waals surface area contributed by atoms with Crippen molar-refractivity contribution in [3.8, 4) is 0 Å². The maximum Gasteiger partial charge on any atom is 0.159 e. The smallest absolute Gasteiger partial charge is 0.159 e. The van der Waals surface area contributed by atoms with Crippen LogP contribution in [0.4, 0.5) is 17.6 Å². The van der Waals surface area contributed by atoms with Crippen LogP contribution < -0.4 is 11.3 Å². The van der Waals surface area contributed by atoms with Crippen molar-refractivity contribution < 1.29 is 17.6 Å². The number of nitrogens with one attached hydrogen (secondary N) is 1. The summed E-state index contributed by atoms with van der Waals surface area (Å²) in [5, 5.41) is 0. The van der Waals surface area contributed by atoms with E-state index in [1.165, 1.54) is 12.1 Å². The number of rotatable bonds is 5. The Morgan fingerprint density at radius 1 is 0.762 bits per heavy atom. The first kappa shape index (κ1) is 15.5. The van der Waals surface area contributed by atoms with Crippen LogP contribution in [0.3, 0.4) is 0 Å². The van der Waals surface area contributed by atoms with Crippen LogP contribution in [0.15, 0.2) is 36.4 Å². The second-order valence-electron chi connectivity index (χ2n) is 4.77. The molecular formula is C15H14F4N2. The lowest BCUT2D eigenvalue weighted by Gasteiger charge is -2.16. The fourth-order valence-corrected chi connectivity index (χ4v) is 2.09. The minimum Gasteiger partial charge on any atom is -0.271 e. The molecule has 21 heavy (non-hydrogen) atoms. The quantitative estimate of drug-likeness (QED) is 0.506. The Morgan fingerprint density at radius 3 is 1.52 bits per heavy atom. The van der Waals surface area contributed by atoms with Gasteiger partial charge in [0, 0.05) is 6.04 Å². The van der Waals surface area contributed by atoms with Gasteiger partial charge in [-0.05, 0) is 48.2 Å². The summed E-state index contributed by atoms with van der Waals surface area (Å²) in [6, 6.07) is 6.84. The van der Waals surface area contributed by atoms with Crippen molar-refractivity contribution in [2.45, 2.75) is 18.9 Å². The Bertz CT molecular complexity index is 578. The van der Waals surface area contributed by atoms with Gasteiger partial charge in [0.1, 0.15) is 0 Å². The summed E-state index contributed by atoms with van der Waals surface area (Å²) < 4.78 is 52.0. The summed E-state index contributed by atoms with van der Waals surface area (Å²) in [5.74, 6) is 1.71. The third-order valence-electron chi connectivity index (χ3n) is 3.17. The molecule has 0 amide bonds. The summed E-state index contributed by atoms with van der Waals surface area (Å²) in [4.78, 5) is 0. The maximum absolute atomic E-state index is 13.1. The number of benzene rings is 2. The highest BCUT2D eigenvalue weighted by Gasteiger charge is 2.12. The standard InChI is InChI=1S/C15H14F4N2/c16-12-3-1-9(7-14(12)18)5-11(21-20)6-10-2-4-13(17)15(19)8-10/h1-4,7-8,11,21H,5-6,20H2. The van der Waals surface area contributed by atoms with E-state index in [0.29, 0.717) is 24.0 Å². The lowest BCUT2D eigenvalue weighted by molar-refractivity contribution is 0.492. The van der Waals surface area contributed by atoms with E-state index in [-0.39, 0.29) is 6.04 Å². The van der Waals surface area contributed by atoms with Crippen LogP contribution in [0.25, 0.3) is 0 Å². The molecule has 0 bridgehead atoms. The Labute approximate surface area is 119 Å². The molecule has 0 saturated heterocycles. The van der Waals surface area contributed by atoms with Crippen LogP contribution in [0.2, 0.25) is 0 Å². The van der Waals surface area contributed by atoms with E-state index in [9.17, 15) is 17.6 Å². The molecule has 112 valence electrons. The molecule has 2 nitrogen and oxygen atoms in total. The molecule has 6 heteroatoms. The Balaban J connectivity index is 2.08. The normalized spacial score (nSPS) is 11.1. The maximum atomic E-state index is 13.1. The summed E-state index contributed by atoms with van der Waals surface area (Å²) in [6.07, 6.45) is 0.652. The minimum atomic E-state index is -0.934. The Hall–Kier alpha value is -1.92. The van der Waals surface area contributed by atoms with E-state index < -0.39 is 23.3 Å². The van der Waals surface area contributed by atoms with Crippen LogP contribution in [-0.2, 0) is 12.8 Å². The molecule has 0 atom stereocenters. The highest BCUT2D eigenvalue weighted by molar-refractivity contribution is 5.22. The molecule has 0 aliphatic rings. The number of hydrogen-bond donors (Lipinski definition) is 2. The number of halogens is 4. The zero-order valence-electron chi connectivity index (χ0n) is 11.0. The van der Waals surface area contributed by atoms with Gasteiger partial charge in [-0.2, -0.15) is 0 Å². The molecule has 0 unspecified atom stereocenters. The zero-order chi connectivity index (χ0) is 15.4. The molecule has 2 aromatic carbocycles. The van der Waals surface area contributed by atoms with Gasteiger partial charge in [-0.3, -0.25) is 11.3 Å². The number of nitrogens with two attached hydrogens (primary N) is 1. The first-order valence-electron chi connectivity index (χ1n) is 6.33. The fourth-order valence-electron chi connectivity index (χ4n) is 2.09. The van der Waals surface area contributed by atoms with Crippen molar-refractivity contribution in [1.29, 1.82) is 0 Å². The average Bonchev–Trinajstić information content (AvgIpc) is 2.46. The zero-order valence-corrected chi connectivity index (χ0v) is 11.0. The van der Waals surface area contributed by atoms with Crippen molar-refractivity contribution in [2.75, 3.05) is 0 Å². The van der Waals surface area contributed by atoms with Crippen LogP contribution in [0.5, 0.6) is 0 Å². The van der Waals surface area contributed by atoms with Crippen LogP contribution >= 0.6 is 0 Å². The predicted octanol–water partition coefficient (Wildman–Crippen LogP) is 2.86. The SMILES string of the molecule is NNC(Cc1ccc(F)c(F)c1)Cc1ccc(F)c(F)c1. The van der Waals surface area contributed by atoms with Gasteiger partial charge in [0.15, 0.2) is 23.3 Å². The fraction of sp³-hybridized carbons (Fsp3) is 0.200. The van der Waals surface area contributed by atoms with E-state index in [1.807, 2.05) is 0 Å². The minimum absolute atomic E-state index is 0.320. The van der Waals surface area contributed by atoms with Gasteiger partial charge in [-0.25, -0.2) is 17.6 Å². The third-order valence-corrected chi connectivity index (χ3v) is 3.17. The van der Waals surface area contributed by atoms with Gasteiger partial charge >= 0.3 is 0 Å². The van der Waals surface area contributed by atoms with Gasteiger partial charge in [0.25, 0.3) is 0 Å². The van der Waals surface area contributed by atoms with Gasteiger partial charge < -0.3 is 0 Å². The molecule has 0 aliphatic heterocycles. The molecule has 3 N–H and O–H groups in total. The van der Waals surface area contributed by atoms with E-state index in [4.69, 9.17) is 5.84 Å². The van der Waals surface area contributed by atoms with Crippen LogP contribution in [0.1, 0.15) is 11.1 Å². The van der Waals surface area contributed by atoms with Gasteiger partial charge in [0.05, 0.1) is 0 Å². The van der Waals surface area contributed by atoms with E-state index in [0.717, 1.165) is 24.3 Å². The van der Waals surface area contributed by atoms with Crippen LogP contribution in [-0.4, -0.2) is 6.04 Å². The molecule has 0 aromatic heterocycles. The average molecular weight is 298 g/mol. The first-order chi connectivity index (χ1) is 9.99. The van der Waals surface area contributed by atoms with E-state index >= 15 is 0 Å². The molecule has 0 heterocycles. The third kappa shape index (κ3) is 4.03. The predicted molar refractivity (Wildman–Crippen MR) is 71.2 cm³/mol. The van der Waals surface area contributed by atoms with Gasteiger partial charge in [-0.1, -0.05) is 12.1 Å². The monoisotopic (exact) mass is 298 g/mol. The Kier molecular flexibility index (Phi) is 4.93. The van der Waals surface area contributed by atoms with Gasteiger partial charge in [0.2, 0.25) is 0 Å². The molecule has 0 radical (unpaired) electrons. The van der Waals surface area contributed by atoms with Crippen molar-refractivity contribution in [2.24, 2.45) is 5.84 Å². The second-order valence-corrected chi connectivity index (χ2v) is 4.77. The molecule has 2 aromatic rings. The highest BCUT2D eigenvalue weighted by atomic mass is 19.2. The summed E-state index contributed by atoms with van der Waals surface area (Å²) in [7, 11) is 0. The number of hydrogen-bond acceptors (Lipinski definition) is 2. The largest absolute Gasteiger partial charge is 0.271 e. The van der Waals surface area contributed by atoms with Crippen LogP contribution in [0, 0.1) is 23.3 Å². The highest BCUT2D eigenvalue weighted by Crippen LogP contribution is 2.14. The second kappa shape index (κ2) is 6.69. The summed E-state index contributed by atoms with van der Waals surface area (Å²) in [6.45, 7) is 0. The van der Waals surface area contributed by atoms with E-state index in [1.54, 1.807) is 0 Å². The number of hydrazine groups is 1. The summed E-state index contributed by atoms with van der Waals surface area (Å²) in [5.41, 5.74) is 3.64. The van der Waals surface area contributed by atoms with Gasteiger partial charge in [-0.15, -0.1) is 0 Å². The molecule has 2 rings (SSSR count). The summed E-state index contributed by atoms with van der Waals surface area (Å²) >= 11 is 0. The molecular weight excluding hydrogens is 284 g/mol. The van der Waals surface area contributed by atoms with Crippen molar-refractivity contribution >= 4 is 0 Å². The molecule has 0 aliphatic carbocycles. The van der Waals surface area contributed by atoms with E-state index in [2.05, 4.69) is 5.43 Å². The topological polar surface area (TPSA) is 38.0 Å². The van der Waals surface area contributed by atoms with Crippen molar-refractivity contribution in [3.63, 3.8) is 0 Å². The lowest BCUT2D eigenvalue weighted by atomic mass is 9.99. The molecule has 0 spiro atoms. The lowest BCUT2D eigenvalue weighted by Crippen LogP contribution is -2.38. The van der Waals surface area contributed by atoms with Crippen molar-refractivity contribution in [1.82, 2.24) is 5.43 Å². The Morgan fingerprint density at radius 2 is 1.19 bits per heavy atom. The molecule has 0 fully saturated rings.